The van der Waals surface area contributed by atoms with E-state index in [0.717, 1.165) is 30.7 Å². The van der Waals surface area contributed by atoms with Gasteiger partial charge in [-0.2, -0.15) is 4.98 Å². The molecular formula is C24H33N3O2S. The van der Waals surface area contributed by atoms with Crippen LogP contribution >= 0.6 is 11.8 Å². The molecule has 2 N–H and O–H groups in total. The Morgan fingerprint density at radius 3 is 2.83 bits per heavy atom. The van der Waals surface area contributed by atoms with Gasteiger partial charge < -0.3 is 10.4 Å². The fourth-order valence-electron chi connectivity index (χ4n) is 4.00. The minimum Gasteiger partial charge on any atom is -0.493 e. The molecule has 0 fully saturated rings. The van der Waals surface area contributed by atoms with E-state index >= 15 is 0 Å². The fraction of sp³-hybridized carbons (Fsp3) is 0.500. The molecule has 0 bridgehead atoms. The van der Waals surface area contributed by atoms with Crippen LogP contribution in [0, 0.1) is 0 Å². The van der Waals surface area contributed by atoms with Gasteiger partial charge in [-0.3, -0.25) is 9.36 Å². The van der Waals surface area contributed by atoms with E-state index in [4.69, 9.17) is 0 Å². The first-order chi connectivity index (χ1) is 14.7. The summed E-state index contributed by atoms with van der Waals surface area (Å²) in [4.78, 5) is 17.8. The third-order valence-electron chi connectivity index (χ3n) is 5.59. The van der Waals surface area contributed by atoms with E-state index in [9.17, 15) is 9.90 Å². The Morgan fingerprint density at radius 2 is 2.03 bits per heavy atom. The van der Waals surface area contributed by atoms with Crippen molar-refractivity contribution in [2.75, 3.05) is 12.3 Å². The summed E-state index contributed by atoms with van der Waals surface area (Å²) in [6.07, 6.45) is 9.96. The molecule has 0 amide bonds. The van der Waals surface area contributed by atoms with Gasteiger partial charge in [-0.1, -0.05) is 81.1 Å². The Bertz CT molecular complexity index is 910. The summed E-state index contributed by atoms with van der Waals surface area (Å²) in [5.41, 5.74) is 2.38. The highest BCUT2D eigenvalue weighted by Crippen LogP contribution is 2.32. The number of allylic oxidation sites excluding steroid dienone is 1. The van der Waals surface area contributed by atoms with E-state index in [1.807, 2.05) is 18.2 Å². The van der Waals surface area contributed by atoms with Crippen molar-refractivity contribution < 1.29 is 5.11 Å². The Labute approximate surface area is 183 Å². The number of aromatic hydroxyl groups is 1. The van der Waals surface area contributed by atoms with E-state index < -0.39 is 0 Å². The molecule has 0 saturated heterocycles. The highest BCUT2D eigenvalue weighted by molar-refractivity contribution is 7.99. The Morgan fingerprint density at radius 1 is 1.27 bits per heavy atom. The van der Waals surface area contributed by atoms with E-state index in [2.05, 4.69) is 29.9 Å². The first-order valence-electron chi connectivity index (χ1n) is 11.1. The van der Waals surface area contributed by atoms with Crippen molar-refractivity contribution in [3.05, 3.63) is 64.0 Å². The van der Waals surface area contributed by atoms with Crippen molar-refractivity contribution >= 4 is 11.8 Å². The average molecular weight is 428 g/mol. The van der Waals surface area contributed by atoms with E-state index in [1.54, 1.807) is 22.4 Å². The number of nitrogens with zero attached hydrogens (tertiary/aromatic N) is 2. The molecule has 1 aliphatic rings. The molecular weight excluding hydrogens is 394 g/mol. The van der Waals surface area contributed by atoms with Crippen LogP contribution in [0.25, 0.3) is 0 Å². The van der Waals surface area contributed by atoms with Gasteiger partial charge in [0, 0.05) is 18.8 Å². The second kappa shape index (κ2) is 11.4. The van der Waals surface area contributed by atoms with Crippen LogP contribution in [0.4, 0.5) is 0 Å². The van der Waals surface area contributed by atoms with Gasteiger partial charge in [0.2, 0.25) is 5.88 Å². The summed E-state index contributed by atoms with van der Waals surface area (Å²) < 4.78 is 1.64. The highest BCUT2D eigenvalue weighted by Gasteiger charge is 2.28. The monoisotopic (exact) mass is 427 g/mol. The van der Waals surface area contributed by atoms with Gasteiger partial charge in [0.1, 0.15) is 5.56 Å². The second-order valence-electron chi connectivity index (χ2n) is 7.79. The number of aromatic nitrogens is 2. The molecule has 0 aliphatic carbocycles. The van der Waals surface area contributed by atoms with Crippen LogP contribution in [-0.4, -0.2) is 27.0 Å². The maximum absolute atomic E-state index is 13.4. The van der Waals surface area contributed by atoms with Gasteiger partial charge in [0.25, 0.3) is 5.56 Å². The normalized spacial score (nSPS) is 15.7. The lowest BCUT2D eigenvalue weighted by Crippen LogP contribution is -2.37. The maximum Gasteiger partial charge on any atom is 0.263 e. The number of hydrogen-bond donors (Lipinski definition) is 2. The standard InChI is InChI=1S/C24H33N3O2S/c1-3-5-6-7-8-11-17-30-24-26-22(28)20(23(29)27(24)16-4-2)21-19-13-10-9-12-18(19)14-15-25-21/h4,9-10,12-13,21,25,28H,2-3,5-8,11,14-17H2,1H3. The lowest BCUT2D eigenvalue weighted by Gasteiger charge is -2.27. The van der Waals surface area contributed by atoms with Crippen molar-refractivity contribution in [1.82, 2.24) is 14.9 Å². The van der Waals surface area contributed by atoms with Crippen LogP contribution in [0.2, 0.25) is 0 Å². The molecule has 2 heterocycles. The maximum atomic E-state index is 13.4. The van der Waals surface area contributed by atoms with Crippen LogP contribution in [0.5, 0.6) is 5.88 Å². The van der Waals surface area contributed by atoms with Crippen molar-refractivity contribution in [2.24, 2.45) is 0 Å². The molecule has 0 saturated carbocycles. The molecule has 3 rings (SSSR count). The zero-order valence-corrected chi connectivity index (χ0v) is 18.7. The van der Waals surface area contributed by atoms with Crippen molar-refractivity contribution in [3.63, 3.8) is 0 Å². The lowest BCUT2D eigenvalue weighted by molar-refractivity contribution is 0.412. The van der Waals surface area contributed by atoms with Crippen LogP contribution in [0.3, 0.4) is 0 Å². The van der Waals surface area contributed by atoms with Crippen LogP contribution < -0.4 is 10.9 Å². The minimum atomic E-state index is -0.344. The number of fused-ring (bicyclic) bond motifs is 1. The zero-order chi connectivity index (χ0) is 21.3. The SMILES string of the molecule is C=CCn1c(SCCCCCCCC)nc(O)c(C2NCCc3ccccc32)c1=O. The summed E-state index contributed by atoms with van der Waals surface area (Å²) in [7, 11) is 0. The topological polar surface area (TPSA) is 67.2 Å². The number of unbranched alkanes of at least 4 members (excludes halogenated alkanes) is 5. The van der Waals surface area contributed by atoms with Crippen molar-refractivity contribution in [2.45, 2.75) is 69.6 Å². The number of benzene rings is 1. The van der Waals surface area contributed by atoms with E-state index in [1.165, 1.54) is 37.7 Å². The molecule has 0 spiro atoms. The smallest absolute Gasteiger partial charge is 0.263 e. The number of hydrogen-bond acceptors (Lipinski definition) is 5. The van der Waals surface area contributed by atoms with Crippen LogP contribution in [-0.2, 0) is 13.0 Å². The quantitative estimate of drug-likeness (QED) is 0.233. The van der Waals surface area contributed by atoms with Crippen molar-refractivity contribution in [3.8, 4) is 5.88 Å². The first-order valence-corrected chi connectivity index (χ1v) is 12.0. The molecule has 0 radical (unpaired) electrons. The number of thioether (sulfide) groups is 1. The minimum absolute atomic E-state index is 0.167. The summed E-state index contributed by atoms with van der Waals surface area (Å²) in [5.74, 6) is 0.721. The van der Waals surface area contributed by atoms with Gasteiger partial charge in [0.05, 0.1) is 6.04 Å². The Hall–Kier alpha value is -2.05. The predicted octanol–water partition coefficient (Wildman–Crippen LogP) is 4.82. The molecule has 1 atom stereocenters. The molecule has 162 valence electrons. The van der Waals surface area contributed by atoms with Gasteiger partial charge in [-0.05, 0) is 24.0 Å². The Kier molecular flexibility index (Phi) is 8.58. The third kappa shape index (κ3) is 5.35. The zero-order valence-electron chi connectivity index (χ0n) is 17.9. The van der Waals surface area contributed by atoms with E-state index in [0.29, 0.717) is 17.3 Å². The summed E-state index contributed by atoms with van der Waals surface area (Å²) in [6.45, 7) is 7.16. The van der Waals surface area contributed by atoms with Gasteiger partial charge in [-0.15, -0.1) is 6.58 Å². The van der Waals surface area contributed by atoms with Gasteiger partial charge in [-0.25, -0.2) is 0 Å². The summed E-state index contributed by atoms with van der Waals surface area (Å²) in [5, 5.41) is 14.7. The fourth-order valence-corrected chi connectivity index (χ4v) is 5.00. The molecule has 1 aliphatic heterocycles. The summed E-state index contributed by atoms with van der Waals surface area (Å²) in [6, 6.07) is 7.74. The number of rotatable bonds is 11. The van der Waals surface area contributed by atoms with Gasteiger partial charge >= 0.3 is 0 Å². The largest absolute Gasteiger partial charge is 0.493 e. The third-order valence-corrected chi connectivity index (χ3v) is 6.65. The second-order valence-corrected chi connectivity index (χ2v) is 8.85. The molecule has 30 heavy (non-hydrogen) atoms. The van der Waals surface area contributed by atoms with Crippen LogP contribution in [0.15, 0.2) is 46.9 Å². The highest BCUT2D eigenvalue weighted by atomic mass is 32.2. The number of nitrogens with one attached hydrogen (secondary N) is 1. The van der Waals surface area contributed by atoms with E-state index in [-0.39, 0.29) is 17.5 Å². The molecule has 1 unspecified atom stereocenters. The Balaban J connectivity index is 1.81. The first kappa shape index (κ1) is 22.6. The lowest BCUT2D eigenvalue weighted by atomic mass is 9.91. The van der Waals surface area contributed by atoms with Crippen LogP contribution in [0.1, 0.15) is 68.2 Å². The van der Waals surface area contributed by atoms with Gasteiger partial charge in [0.15, 0.2) is 5.16 Å². The molecule has 2 aromatic rings. The van der Waals surface area contributed by atoms with Crippen molar-refractivity contribution in [1.29, 1.82) is 0 Å². The molecule has 1 aromatic heterocycles. The molecule has 1 aromatic carbocycles. The predicted molar refractivity (Wildman–Crippen MR) is 124 cm³/mol. The summed E-state index contributed by atoms with van der Waals surface area (Å²) >= 11 is 1.54. The average Bonchev–Trinajstić information content (AvgIpc) is 2.75. The molecule has 5 nitrogen and oxygen atoms in total. The molecule has 6 heteroatoms.